The van der Waals surface area contributed by atoms with Crippen molar-refractivity contribution < 1.29 is 14.7 Å². The van der Waals surface area contributed by atoms with E-state index in [1.54, 1.807) is 13.4 Å². The smallest absolute Gasteiger partial charge is 0.352 e. The van der Waals surface area contributed by atoms with Crippen molar-refractivity contribution in [3.8, 4) is 0 Å². The Bertz CT molecular complexity index is 1160. The molecule has 190 valence electrons. The molecule has 3 aliphatic heterocycles. The van der Waals surface area contributed by atoms with Crippen molar-refractivity contribution in [3.63, 3.8) is 0 Å². The largest absolute Gasteiger partial charge is 0.477 e. The number of aliphatic carboxylic acids is 1. The average Bonchev–Trinajstić information content (AvgIpc) is 2.84. The summed E-state index contributed by atoms with van der Waals surface area (Å²) in [4.78, 5) is 59.6. The zero-order chi connectivity index (χ0) is 25.1. The molecular weight excluding hydrogens is 494 g/mol. The number of β-lactam (4-membered cyclic amide) rings is 1. The van der Waals surface area contributed by atoms with Gasteiger partial charge in [0.2, 0.25) is 0 Å². The SMILES string of the molecule is Cn1[nH]c(=O)c(=O)nc1SCC1=C(C(=O)O)N2C(=O)C(N=CN3CCC(CCCN)CC3)[C@H]2SC1. The van der Waals surface area contributed by atoms with Crippen LogP contribution in [0.1, 0.15) is 25.7 Å². The summed E-state index contributed by atoms with van der Waals surface area (Å²) >= 11 is 2.60. The molecule has 2 atom stereocenters. The molecule has 0 bridgehead atoms. The van der Waals surface area contributed by atoms with E-state index in [-0.39, 0.29) is 27.9 Å². The van der Waals surface area contributed by atoms with Gasteiger partial charge in [0.05, 0.1) is 6.34 Å². The van der Waals surface area contributed by atoms with Crippen LogP contribution in [0.25, 0.3) is 0 Å². The van der Waals surface area contributed by atoms with Crippen LogP contribution in [-0.2, 0) is 16.6 Å². The van der Waals surface area contributed by atoms with E-state index >= 15 is 0 Å². The number of thioether (sulfide) groups is 2. The second-order valence-electron chi connectivity index (χ2n) is 8.77. The van der Waals surface area contributed by atoms with E-state index in [9.17, 15) is 24.3 Å². The lowest BCUT2D eigenvalue weighted by Crippen LogP contribution is -2.64. The van der Waals surface area contributed by atoms with Crippen molar-refractivity contribution in [2.24, 2.45) is 23.7 Å². The van der Waals surface area contributed by atoms with Crippen LogP contribution in [0.3, 0.4) is 0 Å². The van der Waals surface area contributed by atoms with Crippen molar-refractivity contribution in [2.75, 3.05) is 31.1 Å². The number of carboxylic acid groups (broad SMARTS) is 1. The van der Waals surface area contributed by atoms with E-state index in [2.05, 4.69) is 20.0 Å². The van der Waals surface area contributed by atoms with Crippen molar-refractivity contribution in [1.29, 1.82) is 0 Å². The predicted octanol–water partition coefficient (Wildman–Crippen LogP) is -0.338. The standard InChI is InChI=1S/C21H29N7O5S2/c1-26-21(24-16(29)17(30)25-26)35-10-13-9-34-19-14(18(31)28(19)15(13)20(32)33)23-11-27-7-4-12(5-8-27)3-2-6-22/h11-12,14,19H,2-10,22H2,1H3,(H,25,30)(H,32,33)/t14?,19-/m1/s1. The summed E-state index contributed by atoms with van der Waals surface area (Å²) < 4.78 is 1.31. The molecule has 1 aromatic rings. The van der Waals surface area contributed by atoms with Crippen LogP contribution in [0.15, 0.2) is 31.0 Å². The van der Waals surface area contributed by atoms with Gasteiger partial charge in [-0.05, 0) is 43.7 Å². The molecule has 1 aromatic heterocycles. The third-order valence-electron chi connectivity index (χ3n) is 6.40. The van der Waals surface area contributed by atoms with Crippen molar-refractivity contribution in [1.82, 2.24) is 24.6 Å². The number of aromatic amines is 1. The van der Waals surface area contributed by atoms with E-state index in [0.29, 0.717) is 17.2 Å². The van der Waals surface area contributed by atoms with Crippen LogP contribution in [0.2, 0.25) is 0 Å². The Kier molecular flexibility index (Phi) is 8.02. The summed E-state index contributed by atoms with van der Waals surface area (Å²) in [5.41, 5.74) is 4.39. The van der Waals surface area contributed by atoms with E-state index < -0.39 is 23.1 Å². The lowest BCUT2D eigenvalue weighted by Gasteiger charge is -2.48. The number of carbonyl (C=O) groups excluding carboxylic acids is 1. The van der Waals surface area contributed by atoms with E-state index in [1.165, 1.54) is 21.3 Å². The van der Waals surface area contributed by atoms with Crippen molar-refractivity contribution in [3.05, 3.63) is 32.0 Å². The molecule has 12 nitrogen and oxygen atoms in total. The molecule has 14 heteroatoms. The number of rotatable bonds is 9. The quantitative estimate of drug-likeness (QED) is 0.128. The number of aromatic nitrogens is 3. The van der Waals surface area contributed by atoms with Gasteiger partial charge in [-0.1, -0.05) is 11.8 Å². The third kappa shape index (κ3) is 5.48. The number of nitrogens with zero attached hydrogens (tertiary/aromatic N) is 5. The average molecular weight is 524 g/mol. The highest BCUT2D eigenvalue weighted by molar-refractivity contribution is 8.01. The number of nitrogens with two attached hydrogens (primary N) is 1. The van der Waals surface area contributed by atoms with Gasteiger partial charge in [-0.3, -0.25) is 34.1 Å². The van der Waals surface area contributed by atoms with Gasteiger partial charge in [0.15, 0.2) is 11.2 Å². The van der Waals surface area contributed by atoms with Gasteiger partial charge in [-0.15, -0.1) is 11.8 Å². The molecule has 0 spiro atoms. The molecule has 4 heterocycles. The number of amides is 1. The maximum absolute atomic E-state index is 12.9. The summed E-state index contributed by atoms with van der Waals surface area (Å²) in [7, 11) is 1.54. The fraction of sp³-hybridized carbons (Fsp3) is 0.619. The molecule has 0 saturated carbocycles. The number of piperidine rings is 1. The number of H-pyrrole nitrogens is 1. The van der Waals surface area contributed by atoms with Crippen LogP contribution < -0.4 is 16.9 Å². The number of likely N-dealkylation sites (tertiary alicyclic amines) is 1. The second kappa shape index (κ2) is 11.0. The Morgan fingerprint density at radius 3 is 2.77 bits per heavy atom. The summed E-state index contributed by atoms with van der Waals surface area (Å²) in [5.74, 6) is -0.190. The number of aryl methyl sites for hydroxylation is 1. The van der Waals surface area contributed by atoms with Crippen molar-refractivity contribution in [2.45, 2.75) is 42.3 Å². The zero-order valence-electron chi connectivity index (χ0n) is 19.4. The van der Waals surface area contributed by atoms with Gasteiger partial charge in [0.25, 0.3) is 5.91 Å². The first kappa shape index (κ1) is 25.5. The Balaban J connectivity index is 1.40. The third-order valence-corrected chi connectivity index (χ3v) is 8.84. The number of carboxylic acids is 1. The van der Waals surface area contributed by atoms with Gasteiger partial charge < -0.3 is 15.7 Å². The lowest BCUT2D eigenvalue weighted by molar-refractivity contribution is -0.147. The minimum Gasteiger partial charge on any atom is -0.477 e. The maximum atomic E-state index is 12.9. The minimum atomic E-state index is -1.18. The minimum absolute atomic E-state index is 0.0344. The number of aliphatic imine (C=N–C) groups is 1. The highest BCUT2D eigenvalue weighted by atomic mass is 32.2. The maximum Gasteiger partial charge on any atom is 0.352 e. The molecule has 1 amide bonds. The number of nitrogens with one attached hydrogen (secondary N) is 1. The molecule has 35 heavy (non-hydrogen) atoms. The number of fused-ring (bicyclic) bond motifs is 1. The van der Waals surface area contributed by atoms with Gasteiger partial charge in [0, 0.05) is 31.6 Å². The Hall–Kier alpha value is -2.58. The molecule has 0 radical (unpaired) electrons. The summed E-state index contributed by atoms with van der Waals surface area (Å²) in [6.45, 7) is 2.51. The molecule has 0 aromatic carbocycles. The molecule has 2 saturated heterocycles. The van der Waals surface area contributed by atoms with Crippen LogP contribution in [-0.4, -0.2) is 90.4 Å². The summed E-state index contributed by atoms with van der Waals surface area (Å²) in [6.07, 6.45) is 6.10. The van der Waals surface area contributed by atoms with E-state index in [0.717, 1.165) is 57.1 Å². The molecule has 1 unspecified atom stereocenters. The van der Waals surface area contributed by atoms with Crippen molar-refractivity contribution >= 4 is 41.7 Å². The topological polar surface area (TPSA) is 167 Å². The van der Waals surface area contributed by atoms with E-state index in [4.69, 9.17) is 5.73 Å². The fourth-order valence-electron chi connectivity index (χ4n) is 4.45. The Labute approximate surface area is 210 Å². The van der Waals surface area contributed by atoms with Gasteiger partial charge in [-0.2, -0.15) is 4.98 Å². The molecule has 2 fully saturated rings. The first-order chi connectivity index (χ1) is 16.8. The van der Waals surface area contributed by atoms with Crippen LogP contribution in [0, 0.1) is 5.92 Å². The Morgan fingerprint density at radius 1 is 1.34 bits per heavy atom. The molecule has 3 aliphatic rings. The molecule has 4 rings (SSSR count). The fourth-order valence-corrected chi connectivity index (χ4v) is 6.85. The van der Waals surface area contributed by atoms with Gasteiger partial charge in [-0.25, -0.2) is 4.79 Å². The van der Waals surface area contributed by atoms with E-state index in [1.807, 2.05) is 0 Å². The number of hydrogen-bond donors (Lipinski definition) is 3. The molecular formula is C21H29N7O5S2. The zero-order valence-corrected chi connectivity index (χ0v) is 21.0. The van der Waals surface area contributed by atoms with Gasteiger partial charge in [0.1, 0.15) is 11.1 Å². The van der Waals surface area contributed by atoms with Crippen LogP contribution in [0.4, 0.5) is 0 Å². The Morgan fingerprint density at radius 2 is 2.09 bits per heavy atom. The van der Waals surface area contributed by atoms with Gasteiger partial charge >= 0.3 is 17.1 Å². The normalized spacial score (nSPS) is 23.1. The second-order valence-corrected chi connectivity index (χ2v) is 10.8. The summed E-state index contributed by atoms with van der Waals surface area (Å²) in [6, 6.07) is -0.597. The highest BCUT2D eigenvalue weighted by Gasteiger charge is 2.53. The lowest BCUT2D eigenvalue weighted by atomic mass is 9.92. The first-order valence-electron chi connectivity index (χ1n) is 11.5. The molecule has 0 aliphatic carbocycles. The summed E-state index contributed by atoms with van der Waals surface area (Å²) in [5, 5.41) is 12.1. The number of carbonyl (C=O) groups is 2. The first-order valence-corrected chi connectivity index (χ1v) is 13.5. The highest BCUT2D eigenvalue weighted by Crippen LogP contribution is 2.42. The predicted molar refractivity (Wildman–Crippen MR) is 133 cm³/mol. The molecule has 4 N–H and O–H groups in total. The van der Waals surface area contributed by atoms with Crippen LogP contribution in [0.5, 0.6) is 0 Å². The monoisotopic (exact) mass is 523 g/mol. The number of hydrogen-bond acceptors (Lipinski definition) is 9. The van der Waals surface area contributed by atoms with Crippen LogP contribution >= 0.6 is 23.5 Å².